The minimum absolute atomic E-state index is 0.0648. The number of benzene rings is 2. The van der Waals surface area contributed by atoms with Crippen molar-refractivity contribution in [3.8, 4) is 11.4 Å². The molecule has 0 aliphatic rings. The number of rotatable bonds is 7. The van der Waals surface area contributed by atoms with E-state index in [9.17, 15) is 4.79 Å². The molecule has 4 rings (SSSR count). The molecule has 0 bridgehead atoms. The van der Waals surface area contributed by atoms with Gasteiger partial charge in [-0.05, 0) is 79.2 Å². The Morgan fingerprint density at radius 1 is 1.06 bits per heavy atom. The number of hydrogen-bond acceptors (Lipinski definition) is 3. The first-order valence-electron chi connectivity index (χ1n) is 10.3. The van der Waals surface area contributed by atoms with Gasteiger partial charge in [0.1, 0.15) is 12.4 Å². The molecule has 0 radical (unpaired) electrons. The fourth-order valence-electron chi connectivity index (χ4n) is 3.40. The topological polar surface area (TPSA) is 43.3 Å². The Kier molecular flexibility index (Phi) is 6.23. The molecule has 0 fully saturated rings. The van der Waals surface area contributed by atoms with Crippen molar-refractivity contribution in [2.45, 2.75) is 33.4 Å². The lowest BCUT2D eigenvalue weighted by atomic mass is 10.1. The minimum Gasteiger partial charge on any atom is -0.489 e. The highest BCUT2D eigenvalue weighted by atomic mass is 32.1. The number of aryl methyl sites for hydroxylation is 1. The molecule has 1 amide bonds. The standard InChI is InChI=1S/C26H26N2O2S/c1-18-7-6-8-24(19(18)2)30-16-21-15-25(31-17-21)26(29)27-20(3)22-9-11-23(12-10-22)28-13-4-5-14-28/h4-15,17,20H,16H2,1-3H3,(H,27,29). The lowest BCUT2D eigenvalue weighted by Gasteiger charge is -2.14. The molecule has 2 aromatic carbocycles. The molecule has 31 heavy (non-hydrogen) atoms. The van der Waals surface area contributed by atoms with Crippen LogP contribution in [0.3, 0.4) is 0 Å². The number of nitrogens with one attached hydrogen (secondary N) is 1. The fraction of sp³-hybridized carbons (Fsp3) is 0.192. The lowest BCUT2D eigenvalue weighted by Crippen LogP contribution is -2.25. The molecule has 0 saturated heterocycles. The second kappa shape index (κ2) is 9.23. The molecule has 4 nitrogen and oxygen atoms in total. The fourth-order valence-corrected chi connectivity index (χ4v) is 4.20. The van der Waals surface area contributed by atoms with E-state index in [0.717, 1.165) is 28.1 Å². The molecular weight excluding hydrogens is 404 g/mol. The molecule has 2 heterocycles. The van der Waals surface area contributed by atoms with Crippen molar-refractivity contribution in [3.05, 3.63) is 106 Å². The van der Waals surface area contributed by atoms with Gasteiger partial charge in [0.2, 0.25) is 0 Å². The number of carbonyl (C=O) groups excluding carboxylic acids is 1. The smallest absolute Gasteiger partial charge is 0.261 e. The Bertz CT molecular complexity index is 1160. The van der Waals surface area contributed by atoms with Crippen molar-refractivity contribution < 1.29 is 9.53 Å². The predicted molar refractivity (Wildman–Crippen MR) is 126 cm³/mol. The summed E-state index contributed by atoms with van der Waals surface area (Å²) in [5, 5.41) is 5.08. The Labute approximate surface area is 187 Å². The molecule has 2 aromatic heterocycles. The Balaban J connectivity index is 1.35. The molecule has 0 aliphatic heterocycles. The minimum atomic E-state index is -0.0806. The van der Waals surface area contributed by atoms with Crippen molar-refractivity contribution in [1.29, 1.82) is 0 Å². The average molecular weight is 431 g/mol. The molecule has 4 aromatic rings. The number of aromatic nitrogens is 1. The van der Waals surface area contributed by atoms with Crippen LogP contribution in [0.4, 0.5) is 0 Å². The Hall–Kier alpha value is -3.31. The molecule has 0 saturated carbocycles. The van der Waals surface area contributed by atoms with Crippen LogP contribution in [0.1, 0.15) is 44.9 Å². The van der Waals surface area contributed by atoms with Gasteiger partial charge in [-0.15, -0.1) is 11.3 Å². The highest BCUT2D eigenvalue weighted by Crippen LogP contribution is 2.24. The summed E-state index contributed by atoms with van der Waals surface area (Å²) in [5.41, 5.74) is 5.52. The maximum absolute atomic E-state index is 12.7. The summed E-state index contributed by atoms with van der Waals surface area (Å²) in [5.74, 6) is 0.819. The maximum Gasteiger partial charge on any atom is 0.261 e. The normalized spacial score (nSPS) is 11.8. The maximum atomic E-state index is 12.7. The molecule has 5 heteroatoms. The van der Waals surface area contributed by atoms with Crippen LogP contribution in [0.2, 0.25) is 0 Å². The van der Waals surface area contributed by atoms with Crippen molar-refractivity contribution in [3.63, 3.8) is 0 Å². The first-order valence-corrected chi connectivity index (χ1v) is 11.2. The van der Waals surface area contributed by atoms with Crippen LogP contribution in [0.5, 0.6) is 5.75 Å². The van der Waals surface area contributed by atoms with E-state index in [2.05, 4.69) is 54.1 Å². The third kappa shape index (κ3) is 4.89. The first-order chi connectivity index (χ1) is 15.0. The van der Waals surface area contributed by atoms with E-state index in [1.54, 1.807) is 0 Å². The first kappa shape index (κ1) is 20.9. The highest BCUT2D eigenvalue weighted by molar-refractivity contribution is 7.12. The van der Waals surface area contributed by atoms with E-state index < -0.39 is 0 Å². The number of ether oxygens (including phenoxy) is 1. The number of thiophene rings is 1. The molecule has 1 N–H and O–H groups in total. The zero-order valence-corrected chi connectivity index (χ0v) is 18.8. The van der Waals surface area contributed by atoms with Gasteiger partial charge in [0, 0.05) is 23.6 Å². The van der Waals surface area contributed by atoms with Gasteiger partial charge in [0.05, 0.1) is 10.9 Å². The van der Waals surface area contributed by atoms with E-state index in [1.165, 1.54) is 16.9 Å². The lowest BCUT2D eigenvalue weighted by molar-refractivity contribution is 0.0944. The Morgan fingerprint density at radius 2 is 1.81 bits per heavy atom. The summed E-state index contributed by atoms with van der Waals surface area (Å²) in [6.45, 7) is 6.58. The molecule has 1 atom stereocenters. The van der Waals surface area contributed by atoms with E-state index in [4.69, 9.17) is 4.74 Å². The van der Waals surface area contributed by atoms with Crippen molar-refractivity contribution in [2.75, 3.05) is 0 Å². The van der Waals surface area contributed by atoms with Crippen LogP contribution in [-0.4, -0.2) is 10.5 Å². The molecule has 0 aliphatic carbocycles. The quantitative estimate of drug-likeness (QED) is 0.378. The van der Waals surface area contributed by atoms with Gasteiger partial charge in [-0.2, -0.15) is 0 Å². The van der Waals surface area contributed by atoms with Gasteiger partial charge >= 0.3 is 0 Å². The monoisotopic (exact) mass is 430 g/mol. The average Bonchev–Trinajstić information content (AvgIpc) is 3.47. The van der Waals surface area contributed by atoms with Gasteiger partial charge in [-0.3, -0.25) is 4.79 Å². The summed E-state index contributed by atoms with van der Waals surface area (Å²) in [6.07, 6.45) is 4.02. The van der Waals surface area contributed by atoms with Gasteiger partial charge in [0.25, 0.3) is 5.91 Å². The van der Waals surface area contributed by atoms with E-state index in [0.29, 0.717) is 11.5 Å². The van der Waals surface area contributed by atoms with Crippen LogP contribution in [-0.2, 0) is 6.61 Å². The van der Waals surface area contributed by atoms with Gasteiger partial charge in [-0.1, -0.05) is 24.3 Å². The van der Waals surface area contributed by atoms with Gasteiger partial charge in [0.15, 0.2) is 0 Å². The van der Waals surface area contributed by atoms with Crippen LogP contribution >= 0.6 is 11.3 Å². The van der Waals surface area contributed by atoms with Crippen LogP contribution in [0.25, 0.3) is 5.69 Å². The van der Waals surface area contributed by atoms with E-state index >= 15 is 0 Å². The van der Waals surface area contributed by atoms with Crippen molar-refractivity contribution in [1.82, 2.24) is 9.88 Å². The summed E-state index contributed by atoms with van der Waals surface area (Å²) in [7, 11) is 0. The summed E-state index contributed by atoms with van der Waals surface area (Å²) >= 11 is 1.44. The number of carbonyl (C=O) groups is 1. The van der Waals surface area contributed by atoms with Crippen LogP contribution in [0, 0.1) is 13.8 Å². The van der Waals surface area contributed by atoms with Gasteiger partial charge < -0.3 is 14.6 Å². The zero-order chi connectivity index (χ0) is 21.8. The van der Waals surface area contributed by atoms with E-state index in [-0.39, 0.29) is 11.9 Å². The van der Waals surface area contributed by atoms with Gasteiger partial charge in [-0.25, -0.2) is 0 Å². The molecule has 158 valence electrons. The summed E-state index contributed by atoms with van der Waals surface area (Å²) in [6, 6.07) is 20.1. The van der Waals surface area contributed by atoms with Crippen LogP contribution < -0.4 is 10.1 Å². The number of hydrogen-bond donors (Lipinski definition) is 1. The number of amides is 1. The second-order valence-corrected chi connectivity index (χ2v) is 8.59. The zero-order valence-electron chi connectivity index (χ0n) is 18.0. The summed E-state index contributed by atoms with van der Waals surface area (Å²) < 4.78 is 8.02. The summed E-state index contributed by atoms with van der Waals surface area (Å²) in [4.78, 5) is 13.4. The highest BCUT2D eigenvalue weighted by Gasteiger charge is 2.14. The van der Waals surface area contributed by atoms with E-state index in [1.807, 2.05) is 55.0 Å². The number of nitrogens with zero attached hydrogens (tertiary/aromatic N) is 1. The second-order valence-electron chi connectivity index (χ2n) is 7.68. The predicted octanol–water partition coefficient (Wildman–Crippen LogP) is 6.23. The molecule has 1 unspecified atom stereocenters. The Morgan fingerprint density at radius 3 is 2.55 bits per heavy atom. The van der Waals surface area contributed by atoms with Crippen LogP contribution in [0.15, 0.2) is 78.4 Å². The largest absolute Gasteiger partial charge is 0.489 e. The molecular formula is C26H26N2O2S. The van der Waals surface area contributed by atoms with Crippen molar-refractivity contribution in [2.24, 2.45) is 0 Å². The third-order valence-electron chi connectivity index (χ3n) is 5.47. The SMILES string of the molecule is Cc1cccc(OCc2csc(C(=O)NC(C)c3ccc(-n4cccc4)cc3)c2)c1C. The van der Waals surface area contributed by atoms with Crippen molar-refractivity contribution >= 4 is 17.2 Å². The third-order valence-corrected chi connectivity index (χ3v) is 6.45. The molecule has 0 spiro atoms.